The number of hydrogen-bond acceptors (Lipinski definition) is 21. The number of methoxy groups -OCH3 is 2. The van der Waals surface area contributed by atoms with Crippen molar-refractivity contribution in [2.75, 3.05) is 34.0 Å². The maximum absolute atomic E-state index is 13.4. The first kappa shape index (κ1) is 47.4. The van der Waals surface area contributed by atoms with Crippen molar-refractivity contribution in [1.29, 1.82) is 0 Å². The Morgan fingerprint density at radius 1 is 0.672 bits per heavy atom. The SMILES string of the molecule is COc1cc(C=CC(=O)OCC2OC(CO)(OC3OC(COC(C)=O)C(OC(C)=O)C(OC(C)=O)C3OC(C)=O)C(OC(=O)C=Cc3ccc(O)c(OC)c3)C2O)ccc1O. The zero-order valence-corrected chi connectivity index (χ0v) is 33.7. The van der Waals surface area contributed by atoms with E-state index in [0.717, 1.165) is 39.8 Å². The zero-order chi connectivity index (χ0) is 45.0. The van der Waals surface area contributed by atoms with E-state index in [9.17, 15) is 49.2 Å². The highest BCUT2D eigenvalue weighted by atomic mass is 16.8. The van der Waals surface area contributed by atoms with Crippen LogP contribution in [0.4, 0.5) is 0 Å². The summed E-state index contributed by atoms with van der Waals surface area (Å²) in [5, 5.41) is 42.3. The number of carbonyl (C=O) groups is 6. The van der Waals surface area contributed by atoms with Crippen molar-refractivity contribution in [1.82, 2.24) is 0 Å². The van der Waals surface area contributed by atoms with Crippen LogP contribution >= 0.6 is 0 Å². The predicted molar refractivity (Wildman–Crippen MR) is 202 cm³/mol. The molecule has 0 bridgehead atoms. The Hall–Kier alpha value is -6.26. The second kappa shape index (κ2) is 21.3. The van der Waals surface area contributed by atoms with Crippen molar-refractivity contribution in [2.24, 2.45) is 0 Å². The second-order valence-electron chi connectivity index (χ2n) is 13.3. The molecular formula is C40H46O21. The van der Waals surface area contributed by atoms with Crippen molar-refractivity contribution in [3.63, 3.8) is 0 Å². The topological polar surface area (TPSA) is 285 Å². The maximum atomic E-state index is 13.4. The van der Waals surface area contributed by atoms with E-state index in [0.29, 0.717) is 11.1 Å². The van der Waals surface area contributed by atoms with Crippen molar-refractivity contribution in [2.45, 2.75) is 82.5 Å². The quantitative estimate of drug-likeness (QED) is 0.0974. The van der Waals surface area contributed by atoms with Crippen LogP contribution < -0.4 is 9.47 Å². The number of carbonyl (C=O) groups excluding carboxylic acids is 6. The Morgan fingerprint density at radius 2 is 1.18 bits per heavy atom. The molecule has 2 aliphatic heterocycles. The van der Waals surface area contributed by atoms with Crippen molar-refractivity contribution < 1.29 is 101 Å². The Kier molecular flexibility index (Phi) is 16.6. The highest BCUT2D eigenvalue weighted by molar-refractivity contribution is 5.88. The minimum Gasteiger partial charge on any atom is -0.504 e. The molecule has 21 heteroatoms. The standard InChI is InChI=1S/C40H46O21/c1-20(42)53-18-31-35(55-21(2)43)36(56-22(3)44)37(57-23(4)45)39(58-31)61-40(19-41)38(59-33(49)14-10-25-8-12-27(47)29(16-25)52-6)34(50)30(60-40)17-54-32(48)13-9-24-7-11-26(46)28(15-24)51-5/h7-16,30-31,34-39,41,46-47,50H,17-19H2,1-6H3. The van der Waals surface area contributed by atoms with Crippen LogP contribution in [-0.2, 0) is 71.4 Å². The number of aliphatic hydroxyl groups excluding tert-OH is 2. The lowest BCUT2D eigenvalue weighted by atomic mass is 9.97. The molecule has 9 unspecified atom stereocenters. The van der Waals surface area contributed by atoms with E-state index in [1.807, 2.05) is 0 Å². The molecule has 0 saturated carbocycles. The smallest absolute Gasteiger partial charge is 0.331 e. The molecule has 0 aromatic heterocycles. The molecule has 21 nitrogen and oxygen atoms in total. The van der Waals surface area contributed by atoms with Gasteiger partial charge in [0, 0.05) is 39.8 Å². The lowest BCUT2D eigenvalue weighted by molar-refractivity contribution is -0.384. The van der Waals surface area contributed by atoms with E-state index in [4.69, 9.17) is 52.1 Å². The van der Waals surface area contributed by atoms with Crippen LogP contribution in [0.15, 0.2) is 48.6 Å². The van der Waals surface area contributed by atoms with Crippen LogP contribution in [0.1, 0.15) is 38.8 Å². The minimum absolute atomic E-state index is 0.0858. The summed E-state index contributed by atoms with van der Waals surface area (Å²) in [4.78, 5) is 75.0. The van der Waals surface area contributed by atoms with Crippen LogP contribution in [0.25, 0.3) is 12.2 Å². The van der Waals surface area contributed by atoms with Crippen molar-refractivity contribution >= 4 is 48.0 Å². The molecule has 2 heterocycles. The Balaban J connectivity index is 1.71. The summed E-state index contributed by atoms with van der Waals surface area (Å²) in [6.45, 7) is 1.41. The van der Waals surface area contributed by atoms with E-state index >= 15 is 0 Å². The van der Waals surface area contributed by atoms with Gasteiger partial charge in [0.05, 0.1) is 14.2 Å². The zero-order valence-electron chi connectivity index (χ0n) is 33.7. The van der Waals surface area contributed by atoms with Crippen molar-refractivity contribution in [3.8, 4) is 23.0 Å². The molecule has 9 atom stereocenters. The van der Waals surface area contributed by atoms with Gasteiger partial charge in [-0.3, -0.25) is 19.2 Å². The number of benzene rings is 2. The van der Waals surface area contributed by atoms with Crippen LogP contribution in [-0.4, -0.2) is 145 Å². The molecular weight excluding hydrogens is 816 g/mol. The molecule has 61 heavy (non-hydrogen) atoms. The van der Waals surface area contributed by atoms with E-state index in [-0.39, 0.29) is 23.0 Å². The van der Waals surface area contributed by atoms with E-state index < -0.39 is 110 Å². The van der Waals surface area contributed by atoms with Gasteiger partial charge < -0.3 is 72.5 Å². The van der Waals surface area contributed by atoms with Gasteiger partial charge in [0.2, 0.25) is 12.1 Å². The molecule has 2 aliphatic rings. The summed E-state index contributed by atoms with van der Waals surface area (Å²) in [7, 11) is 2.65. The number of ether oxygens (including phenoxy) is 11. The summed E-state index contributed by atoms with van der Waals surface area (Å²) < 4.78 is 60.5. The average Bonchev–Trinajstić information content (AvgIpc) is 3.46. The van der Waals surface area contributed by atoms with Crippen LogP contribution in [0, 0.1) is 0 Å². The molecule has 2 aromatic rings. The first-order valence-electron chi connectivity index (χ1n) is 18.3. The minimum atomic E-state index is -2.66. The van der Waals surface area contributed by atoms with Gasteiger partial charge in [-0.1, -0.05) is 12.1 Å². The average molecular weight is 863 g/mol. The summed E-state index contributed by atoms with van der Waals surface area (Å²) in [5.74, 6) is -8.52. The summed E-state index contributed by atoms with van der Waals surface area (Å²) in [6.07, 6.45) is -9.71. The summed E-state index contributed by atoms with van der Waals surface area (Å²) in [5.41, 5.74) is 0.799. The monoisotopic (exact) mass is 862 g/mol. The van der Waals surface area contributed by atoms with Crippen LogP contribution in [0.2, 0.25) is 0 Å². The molecule has 0 aliphatic carbocycles. The summed E-state index contributed by atoms with van der Waals surface area (Å²) >= 11 is 0. The molecule has 2 saturated heterocycles. The lowest BCUT2D eigenvalue weighted by Crippen LogP contribution is -2.65. The number of phenolic OH excluding ortho intramolecular Hbond substituents is 2. The number of aromatic hydroxyl groups is 2. The number of rotatable bonds is 17. The number of hydrogen-bond donors (Lipinski definition) is 4. The fourth-order valence-corrected chi connectivity index (χ4v) is 6.18. The van der Waals surface area contributed by atoms with Crippen LogP contribution in [0.5, 0.6) is 23.0 Å². The van der Waals surface area contributed by atoms with Gasteiger partial charge in [0.25, 0.3) is 0 Å². The van der Waals surface area contributed by atoms with E-state index in [2.05, 4.69) is 0 Å². The van der Waals surface area contributed by atoms with Crippen molar-refractivity contribution in [3.05, 3.63) is 59.7 Å². The van der Waals surface area contributed by atoms with Gasteiger partial charge in [0.1, 0.15) is 38.1 Å². The molecule has 0 spiro atoms. The van der Waals surface area contributed by atoms with Gasteiger partial charge in [-0.05, 0) is 47.5 Å². The van der Waals surface area contributed by atoms with Gasteiger partial charge in [-0.25, -0.2) is 9.59 Å². The molecule has 332 valence electrons. The van der Waals surface area contributed by atoms with Gasteiger partial charge in [-0.15, -0.1) is 0 Å². The number of esters is 6. The van der Waals surface area contributed by atoms with Gasteiger partial charge >= 0.3 is 35.8 Å². The fourth-order valence-electron chi connectivity index (χ4n) is 6.18. The maximum Gasteiger partial charge on any atom is 0.331 e. The Morgan fingerprint density at radius 3 is 1.69 bits per heavy atom. The third-order valence-corrected chi connectivity index (χ3v) is 8.82. The first-order chi connectivity index (χ1) is 28.9. The van der Waals surface area contributed by atoms with E-state index in [1.54, 1.807) is 0 Å². The van der Waals surface area contributed by atoms with Gasteiger partial charge in [-0.2, -0.15) is 0 Å². The fraction of sp³-hybridized carbons (Fsp3) is 0.450. The summed E-state index contributed by atoms with van der Waals surface area (Å²) in [6, 6.07) is 8.41. The van der Waals surface area contributed by atoms with Crippen LogP contribution in [0.3, 0.4) is 0 Å². The highest BCUT2D eigenvalue weighted by Crippen LogP contribution is 2.40. The number of aliphatic hydroxyl groups is 2. The molecule has 2 fully saturated rings. The predicted octanol–water partition coefficient (Wildman–Crippen LogP) is 0.845. The largest absolute Gasteiger partial charge is 0.504 e. The molecule has 4 N–H and O–H groups in total. The Bertz CT molecular complexity index is 1980. The normalized spacial score (nSPS) is 26.0. The third kappa shape index (κ3) is 12.6. The third-order valence-electron chi connectivity index (χ3n) is 8.82. The molecule has 4 rings (SSSR count). The van der Waals surface area contributed by atoms with E-state index in [1.165, 1.54) is 62.8 Å². The first-order valence-corrected chi connectivity index (χ1v) is 18.3. The molecule has 0 amide bonds. The number of phenols is 2. The second-order valence-corrected chi connectivity index (χ2v) is 13.3. The van der Waals surface area contributed by atoms with Gasteiger partial charge in [0.15, 0.2) is 47.4 Å². The molecule has 2 aromatic carbocycles. The Labute approximate surface area is 348 Å². The highest BCUT2D eigenvalue weighted by Gasteiger charge is 2.62. The lowest BCUT2D eigenvalue weighted by Gasteiger charge is -2.46. The molecule has 0 radical (unpaired) electrons.